The largest absolute Gasteiger partial charge is 0.379 e. The topological polar surface area (TPSA) is 116 Å². The van der Waals surface area contributed by atoms with Crippen molar-refractivity contribution in [3.05, 3.63) is 40.3 Å². The fourth-order valence-corrected chi connectivity index (χ4v) is 1.50. The van der Waals surface area contributed by atoms with Gasteiger partial charge < -0.3 is 15.4 Å². The van der Waals surface area contributed by atoms with Crippen LogP contribution in [0.5, 0.6) is 0 Å². The van der Waals surface area contributed by atoms with Crippen molar-refractivity contribution in [3.8, 4) is 0 Å². The average molecular weight is 291 g/mol. The summed E-state index contributed by atoms with van der Waals surface area (Å²) in [5.74, 6) is -0.381. The maximum atomic E-state index is 11.8. The van der Waals surface area contributed by atoms with Crippen LogP contribution in [0, 0.1) is 0 Å². The molecule has 0 radical (unpaired) electrons. The molecular formula is C13H17N5O3. The molecule has 1 aromatic carbocycles. The Morgan fingerprint density at radius 2 is 2.00 bits per heavy atom. The summed E-state index contributed by atoms with van der Waals surface area (Å²) >= 11 is 0. The number of anilines is 1. The Morgan fingerprint density at radius 3 is 2.62 bits per heavy atom. The lowest BCUT2D eigenvalue weighted by atomic mass is 10.2. The minimum absolute atomic E-state index is 0.162. The van der Waals surface area contributed by atoms with Crippen molar-refractivity contribution in [2.24, 2.45) is 5.11 Å². The predicted octanol–water partition coefficient (Wildman–Crippen LogP) is 1.70. The highest BCUT2D eigenvalue weighted by atomic mass is 16.5. The SMILES string of the molecule is CC(=O)Nc1ccc(C(=O)NCCOCCN=[N+]=[N-])cc1. The molecule has 2 N–H and O–H groups in total. The van der Waals surface area contributed by atoms with E-state index in [0.717, 1.165) is 0 Å². The second kappa shape index (κ2) is 9.35. The molecule has 0 aromatic heterocycles. The van der Waals surface area contributed by atoms with Crippen LogP contribution in [-0.2, 0) is 9.53 Å². The Hall–Kier alpha value is -2.57. The summed E-state index contributed by atoms with van der Waals surface area (Å²) in [7, 11) is 0. The van der Waals surface area contributed by atoms with Crippen molar-refractivity contribution in [3.63, 3.8) is 0 Å². The predicted molar refractivity (Wildman–Crippen MR) is 77.9 cm³/mol. The molecule has 8 heteroatoms. The quantitative estimate of drug-likeness (QED) is 0.328. The molecule has 0 saturated carbocycles. The van der Waals surface area contributed by atoms with Gasteiger partial charge in [0.05, 0.1) is 13.2 Å². The number of carbonyl (C=O) groups is 2. The number of rotatable bonds is 8. The molecule has 21 heavy (non-hydrogen) atoms. The molecule has 1 rings (SSSR count). The molecule has 0 bridgehead atoms. The maximum absolute atomic E-state index is 11.8. The third-order valence-corrected chi connectivity index (χ3v) is 2.40. The molecule has 0 unspecified atom stereocenters. The highest BCUT2D eigenvalue weighted by Gasteiger charge is 2.04. The highest BCUT2D eigenvalue weighted by Crippen LogP contribution is 2.09. The lowest BCUT2D eigenvalue weighted by Gasteiger charge is -2.07. The van der Waals surface area contributed by atoms with E-state index in [4.69, 9.17) is 10.3 Å². The number of nitrogens with zero attached hydrogens (tertiary/aromatic N) is 3. The Morgan fingerprint density at radius 1 is 1.29 bits per heavy atom. The number of carbonyl (C=O) groups excluding carboxylic acids is 2. The van der Waals surface area contributed by atoms with Gasteiger partial charge in [-0.2, -0.15) is 0 Å². The monoisotopic (exact) mass is 291 g/mol. The molecule has 0 atom stereocenters. The van der Waals surface area contributed by atoms with Crippen LogP contribution < -0.4 is 10.6 Å². The Bertz CT molecular complexity index is 523. The first-order valence-corrected chi connectivity index (χ1v) is 6.38. The standard InChI is InChI=1S/C13H17N5O3/c1-10(19)17-12-4-2-11(3-5-12)13(20)15-6-8-21-9-7-16-18-14/h2-5H,6-9H2,1H3,(H,15,20)(H,17,19). The average Bonchev–Trinajstić information content (AvgIpc) is 2.46. The molecule has 0 aliphatic carbocycles. The minimum atomic E-state index is -0.219. The van der Waals surface area contributed by atoms with Gasteiger partial charge in [0.1, 0.15) is 0 Å². The summed E-state index contributed by atoms with van der Waals surface area (Å²) in [6.45, 7) is 2.72. The molecule has 0 spiro atoms. The van der Waals surface area contributed by atoms with E-state index >= 15 is 0 Å². The van der Waals surface area contributed by atoms with Gasteiger partial charge in [-0.15, -0.1) is 0 Å². The fraction of sp³-hybridized carbons (Fsp3) is 0.385. The summed E-state index contributed by atoms with van der Waals surface area (Å²) in [4.78, 5) is 25.3. The molecule has 0 saturated heterocycles. The van der Waals surface area contributed by atoms with Gasteiger partial charge in [0.25, 0.3) is 5.91 Å². The second-order valence-corrected chi connectivity index (χ2v) is 4.08. The normalized spacial score (nSPS) is 9.57. The first-order valence-electron chi connectivity index (χ1n) is 6.38. The van der Waals surface area contributed by atoms with E-state index in [1.165, 1.54) is 6.92 Å². The van der Waals surface area contributed by atoms with Gasteiger partial charge in [0.15, 0.2) is 0 Å². The molecule has 0 fully saturated rings. The molecule has 2 amide bonds. The molecule has 0 heterocycles. The van der Waals surface area contributed by atoms with Crippen LogP contribution in [0.4, 0.5) is 5.69 Å². The lowest BCUT2D eigenvalue weighted by Crippen LogP contribution is -2.27. The van der Waals surface area contributed by atoms with Gasteiger partial charge in [-0.3, -0.25) is 9.59 Å². The van der Waals surface area contributed by atoms with Crippen molar-refractivity contribution < 1.29 is 14.3 Å². The van der Waals surface area contributed by atoms with Crippen molar-refractivity contribution >= 4 is 17.5 Å². The van der Waals surface area contributed by atoms with Crippen LogP contribution >= 0.6 is 0 Å². The highest BCUT2D eigenvalue weighted by molar-refractivity contribution is 5.95. The summed E-state index contributed by atoms with van der Waals surface area (Å²) in [6, 6.07) is 6.58. The van der Waals surface area contributed by atoms with Crippen molar-refractivity contribution in [2.75, 3.05) is 31.6 Å². The van der Waals surface area contributed by atoms with Gasteiger partial charge >= 0.3 is 0 Å². The fourth-order valence-electron chi connectivity index (χ4n) is 1.50. The smallest absolute Gasteiger partial charge is 0.251 e. The van der Waals surface area contributed by atoms with Gasteiger partial charge in [-0.05, 0) is 29.8 Å². The number of ether oxygens (including phenoxy) is 1. The van der Waals surface area contributed by atoms with E-state index in [0.29, 0.717) is 31.0 Å². The molecule has 112 valence electrons. The van der Waals surface area contributed by atoms with Crippen molar-refractivity contribution in [1.82, 2.24) is 5.32 Å². The summed E-state index contributed by atoms with van der Waals surface area (Å²) < 4.78 is 5.16. The Balaban J connectivity index is 2.28. The number of azide groups is 1. The van der Waals surface area contributed by atoms with E-state index in [1.54, 1.807) is 24.3 Å². The molecular weight excluding hydrogens is 274 g/mol. The lowest BCUT2D eigenvalue weighted by molar-refractivity contribution is -0.114. The van der Waals surface area contributed by atoms with Gasteiger partial charge in [-0.1, -0.05) is 5.11 Å². The van der Waals surface area contributed by atoms with E-state index in [-0.39, 0.29) is 18.4 Å². The van der Waals surface area contributed by atoms with E-state index in [1.807, 2.05) is 0 Å². The van der Waals surface area contributed by atoms with E-state index in [9.17, 15) is 9.59 Å². The number of hydrogen-bond acceptors (Lipinski definition) is 4. The van der Waals surface area contributed by atoms with Gasteiger partial charge in [0, 0.05) is 36.2 Å². The number of amides is 2. The van der Waals surface area contributed by atoms with Crippen LogP contribution in [-0.4, -0.2) is 38.1 Å². The first-order chi connectivity index (χ1) is 10.1. The number of benzene rings is 1. The summed E-state index contributed by atoms with van der Waals surface area (Å²) in [5, 5.41) is 8.64. The van der Waals surface area contributed by atoms with Crippen LogP contribution in [0.3, 0.4) is 0 Å². The third-order valence-electron chi connectivity index (χ3n) is 2.40. The van der Waals surface area contributed by atoms with Gasteiger partial charge in [0.2, 0.25) is 5.91 Å². The zero-order valence-corrected chi connectivity index (χ0v) is 11.7. The van der Waals surface area contributed by atoms with Gasteiger partial charge in [-0.25, -0.2) is 0 Å². The zero-order valence-electron chi connectivity index (χ0n) is 11.7. The Labute approximate surface area is 122 Å². The van der Waals surface area contributed by atoms with E-state index < -0.39 is 0 Å². The summed E-state index contributed by atoms with van der Waals surface area (Å²) in [6.07, 6.45) is 0. The molecule has 8 nitrogen and oxygen atoms in total. The summed E-state index contributed by atoms with van der Waals surface area (Å²) in [5.41, 5.74) is 9.20. The Kier molecular flexibility index (Phi) is 7.34. The molecule has 0 aliphatic heterocycles. The van der Waals surface area contributed by atoms with E-state index in [2.05, 4.69) is 20.7 Å². The molecule has 0 aliphatic rings. The maximum Gasteiger partial charge on any atom is 0.251 e. The first kappa shape index (κ1) is 16.5. The zero-order chi connectivity index (χ0) is 15.5. The van der Waals surface area contributed by atoms with Crippen LogP contribution in [0.1, 0.15) is 17.3 Å². The number of nitrogens with one attached hydrogen (secondary N) is 2. The van der Waals surface area contributed by atoms with Crippen molar-refractivity contribution in [1.29, 1.82) is 0 Å². The molecule has 1 aromatic rings. The van der Waals surface area contributed by atoms with Crippen LogP contribution in [0.25, 0.3) is 10.4 Å². The minimum Gasteiger partial charge on any atom is -0.379 e. The number of hydrogen-bond donors (Lipinski definition) is 2. The van der Waals surface area contributed by atoms with Crippen LogP contribution in [0.15, 0.2) is 29.4 Å². The van der Waals surface area contributed by atoms with Crippen LogP contribution in [0.2, 0.25) is 0 Å². The third kappa shape index (κ3) is 6.95. The second-order valence-electron chi connectivity index (χ2n) is 4.08. The van der Waals surface area contributed by atoms with Crippen molar-refractivity contribution in [2.45, 2.75) is 6.92 Å².